The first-order valence-electron chi connectivity index (χ1n) is 6.60. The number of nitrogens with zero attached hydrogens (tertiary/aromatic N) is 2. The molecule has 0 unspecified atom stereocenters. The lowest BCUT2D eigenvalue weighted by Gasteiger charge is -2.35. The maximum absolute atomic E-state index is 12.3. The number of amides is 3. The zero-order valence-electron chi connectivity index (χ0n) is 12.3. The molecule has 130 valence electrons. The SMILES string of the molecule is CON=C(C(=O)N[C@@H]1C(=O)N[C@@H]1CCl)c1csc(NC(=O)CCl)n1. The zero-order chi connectivity index (χ0) is 17.7. The molecule has 0 bridgehead atoms. The number of alkyl halides is 2. The molecule has 2 atom stereocenters. The Kier molecular flexibility index (Phi) is 6.35. The van der Waals surface area contributed by atoms with Gasteiger partial charge >= 0.3 is 0 Å². The fraction of sp³-hybridized carbons (Fsp3) is 0.417. The van der Waals surface area contributed by atoms with Crippen LogP contribution in [0.5, 0.6) is 0 Å². The van der Waals surface area contributed by atoms with Crippen LogP contribution in [0.15, 0.2) is 10.5 Å². The Labute approximate surface area is 150 Å². The second-order valence-electron chi connectivity index (χ2n) is 4.56. The highest BCUT2D eigenvalue weighted by atomic mass is 35.5. The van der Waals surface area contributed by atoms with Gasteiger partial charge in [0.1, 0.15) is 24.7 Å². The number of thiazole rings is 1. The van der Waals surface area contributed by atoms with Gasteiger partial charge in [0.25, 0.3) is 5.91 Å². The third kappa shape index (κ3) is 4.13. The topological polar surface area (TPSA) is 122 Å². The summed E-state index contributed by atoms with van der Waals surface area (Å²) in [6.45, 7) is 0. The molecule has 2 heterocycles. The molecule has 24 heavy (non-hydrogen) atoms. The molecule has 0 spiro atoms. The number of oxime groups is 1. The highest BCUT2D eigenvalue weighted by Crippen LogP contribution is 2.17. The summed E-state index contributed by atoms with van der Waals surface area (Å²) in [4.78, 5) is 43.8. The second-order valence-corrected chi connectivity index (χ2v) is 6.00. The number of rotatable bonds is 7. The van der Waals surface area contributed by atoms with Crippen LogP contribution in [0.25, 0.3) is 0 Å². The number of β-lactam (4-membered cyclic amide) rings is 1. The van der Waals surface area contributed by atoms with Crippen molar-refractivity contribution in [2.45, 2.75) is 12.1 Å². The molecule has 1 aromatic heterocycles. The van der Waals surface area contributed by atoms with Gasteiger partial charge in [0, 0.05) is 11.3 Å². The summed E-state index contributed by atoms with van der Waals surface area (Å²) in [6.07, 6.45) is 0. The van der Waals surface area contributed by atoms with Crippen molar-refractivity contribution in [3.05, 3.63) is 11.1 Å². The molecule has 1 aliphatic heterocycles. The standard InChI is InChI=1S/C12H13Cl2N5O4S/c1-23-19-9(6-4-24-12(16-6)17-7(20)3-14)11(22)18-8-5(2-13)15-10(8)21/h4-5,8H,2-3H2,1H3,(H,15,21)(H,18,22)(H,16,17,20)/t5-,8+/m1/s1. The van der Waals surface area contributed by atoms with Gasteiger partial charge in [-0.05, 0) is 0 Å². The van der Waals surface area contributed by atoms with E-state index in [1.807, 2.05) is 0 Å². The summed E-state index contributed by atoms with van der Waals surface area (Å²) in [7, 11) is 1.27. The maximum Gasteiger partial charge on any atom is 0.276 e. The van der Waals surface area contributed by atoms with E-state index < -0.39 is 17.9 Å². The van der Waals surface area contributed by atoms with Gasteiger partial charge in [-0.25, -0.2) is 4.98 Å². The highest BCUT2D eigenvalue weighted by molar-refractivity contribution is 7.14. The average Bonchev–Trinajstić information content (AvgIpc) is 3.02. The normalized spacial score (nSPS) is 20.0. The third-order valence-corrected chi connectivity index (χ3v) is 4.31. The van der Waals surface area contributed by atoms with Crippen molar-refractivity contribution in [1.29, 1.82) is 0 Å². The summed E-state index contributed by atoms with van der Waals surface area (Å²) in [5.74, 6) is -1.46. The average molecular weight is 394 g/mol. The summed E-state index contributed by atoms with van der Waals surface area (Å²) >= 11 is 12.2. The molecular formula is C12H13Cl2N5O4S. The zero-order valence-corrected chi connectivity index (χ0v) is 14.7. The van der Waals surface area contributed by atoms with Crippen molar-refractivity contribution < 1.29 is 19.2 Å². The molecule has 2 rings (SSSR count). The predicted octanol–water partition coefficient (Wildman–Crippen LogP) is -0.107. The van der Waals surface area contributed by atoms with Crippen molar-refractivity contribution >= 4 is 63.1 Å². The van der Waals surface area contributed by atoms with Crippen LogP contribution in [-0.2, 0) is 19.2 Å². The highest BCUT2D eigenvalue weighted by Gasteiger charge is 2.40. The minimum Gasteiger partial charge on any atom is -0.398 e. The molecule has 1 saturated heterocycles. The lowest BCUT2D eigenvalue weighted by Crippen LogP contribution is -2.70. The summed E-state index contributed by atoms with van der Waals surface area (Å²) in [6, 6.07) is -1.09. The minimum atomic E-state index is -0.744. The number of halogens is 2. The van der Waals surface area contributed by atoms with Crippen LogP contribution in [0.3, 0.4) is 0 Å². The Morgan fingerprint density at radius 1 is 1.50 bits per heavy atom. The molecule has 1 fully saturated rings. The van der Waals surface area contributed by atoms with Crippen LogP contribution < -0.4 is 16.0 Å². The van der Waals surface area contributed by atoms with Gasteiger partial charge in [-0.15, -0.1) is 34.5 Å². The number of aromatic nitrogens is 1. The molecular weight excluding hydrogens is 381 g/mol. The minimum absolute atomic E-state index is 0.131. The molecule has 3 amide bonds. The molecule has 0 aromatic carbocycles. The van der Waals surface area contributed by atoms with E-state index in [1.54, 1.807) is 0 Å². The van der Waals surface area contributed by atoms with E-state index in [1.165, 1.54) is 12.5 Å². The maximum atomic E-state index is 12.3. The van der Waals surface area contributed by atoms with Crippen molar-refractivity contribution in [3.63, 3.8) is 0 Å². The van der Waals surface area contributed by atoms with Crippen molar-refractivity contribution in [2.24, 2.45) is 5.16 Å². The van der Waals surface area contributed by atoms with Gasteiger partial charge in [0.15, 0.2) is 10.8 Å². The van der Waals surface area contributed by atoms with Crippen LogP contribution in [-0.4, -0.2) is 59.4 Å². The largest absolute Gasteiger partial charge is 0.398 e. The van der Waals surface area contributed by atoms with E-state index in [4.69, 9.17) is 23.2 Å². The van der Waals surface area contributed by atoms with Crippen LogP contribution in [0.1, 0.15) is 5.69 Å². The van der Waals surface area contributed by atoms with Crippen LogP contribution in [0, 0.1) is 0 Å². The molecule has 0 radical (unpaired) electrons. The first-order valence-corrected chi connectivity index (χ1v) is 8.55. The van der Waals surface area contributed by atoms with Crippen molar-refractivity contribution in [1.82, 2.24) is 15.6 Å². The third-order valence-electron chi connectivity index (χ3n) is 2.98. The number of carbonyl (C=O) groups is 3. The van der Waals surface area contributed by atoms with Crippen LogP contribution in [0.2, 0.25) is 0 Å². The lowest BCUT2D eigenvalue weighted by atomic mass is 10.0. The van der Waals surface area contributed by atoms with E-state index in [-0.39, 0.29) is 40.2 Å². The second kappa shape index (κ2) is 8.27. The number of hydrogen-bond acceptors (Lipinski definition) is 7. The smallest absolute Gasteiger partial charge is 0.276 e. The van der Waals surface area contributed by atoms with Crippen molar-refractivity contribution in [2.75, 3.05) is 24.2 Å². The Morgan fingerprint density at radius 2 is 2.25 bits per heavy atom. The summed E-state index contributed by atoms with van der Waals surface area (Å²) < 4.78 is 0. The fourth-order valence-electron chi connectivity index (χ4n) is 1.83. The summed E-state index contributed by atoms with van der Waals surface area (Å²) in [5, 5.41) is 13.0. The number of carbonyl (C=O) groups excluding carboxylic acids is 3. The van der Waals surface area contributed by atoms with E-state index in [0.29, 0.717) is 0 Å². The first-order chi connectivity index (χ1) is 11.5. The van der Waals surface area contributed by atoms with Crippen molar-refractivity contribution in [3.8, 4) is 0 Å². The molecule has 0 saturated carbocycles. The van der Waals surface area contributed by atoms with E-state index in [2.05, 4.69) is 30.9 Å². The van der Waals surface area contributed by atoms with Gasteiger partial charge in [0.2, 0.25) is 11.8 Å². The number of hydrogen-bond donors (Lipinski definition) is 3. The number of nitrogens with one attached hydrogen (secondary N) is 3. The Bertz CT molecular complexity index is 680. The molecule has 3 N–H and O–H groups in total. The quantitative estimate of drug-likeness (QED) is 0.258. The molecule has 9 nitrogen and oxygen atoms in total. The number of anilines is 1. The summed E-state index contributed by atoms with van der Waals surface area (Å²) in [5.41, 5.74) is 0.0551. The van der Waals surface area contributed by atoms with Gasteiger partial charge in [-0.3, -0.25) is 14.4 Å². The molecule has 1 aromatic rings. The van der Waals surface area contributed by atoms with Gasteiger partial charge < -0.3 is 20.8 Å². The van der Waals surface area contributed by atoms with Gasteiger partial charge in [0.05, 0.1) is 6.04 Å². The molecule has 12 heteroatoms. The Morgan fingerprint density at radius 3 is 2.83 bits per heavy atom. The fourth-order valence-corrected chi connectivity index (χ4v) is 2.87. The monoisotopic (exact) mass is 393 g/mol. The predicted molar refractivity (Wildman–Crippen MR) is 89.6 cm³/mol. The van der Waals surface area contributed by atoms with Crippen LogP contribution in [0.4, 0.5) is 5.13 Å². The van der Waals surface area contributed by atoms with E-state index in [0.717, 1.165) is 11.3 Å². The lowest BCUT2D eigenvalue weighted by molar-refractivity contribution is -0.134. The van der Waals surface area contributed by atoms with Gasteiger partial charge in [-0.1, -0.05) is 5.16 Å². The van der Waals surface area contributed by atoms with E-state index in [9.17, 15) is 14.4 Å². The van der Waals surface area contributed by atoms with E-state index >= 15 is 0 Å². The Hall–Kier alpha value is -1.91. The first kappa shape index (κ1) is 18.4. The molecule has 0 aliphatic carbocycles. The molecule has 1 aliphatic rings. The van der Waals surface area contributed by atoms with Crippen LogP contribution >= 0.6 is 34.5 Å². The van der Waals surface area contributed by atoms with Gasteiger partial charge in [-0.2, -0.15) is 0 Å². The Balaban J connectivity index is 2.11.